The Balaban J connectivity index is 1.52. The first-order valence-corrected chi connectivity index (χ1v) is 8.85. The predicted molar refractivity (Wildman–Crippen MR) is 93.1 cm³/mol. The van der Waals surface area contributed by atoms with Gasteiger partial charge in [-0.15, -0.1) is 0 Å². The number of amides is 3. The van der Waals surface area contributed by atoms with Crippen LogP contribution >= 0.6 is 0 Å². The lowest BCUT2D eigenvalue weighted by Crippen LogP contribution is -2.44. The molecule has 1 aromatic heterocycles. The van der Waals surface area contributed by atoms with Crippen LogP contribution in [-0.2, 0) is 4.79 Å². The molecule has 2 N–H and O–H groups in total. The molecule has 0 spiro atoms. The molecular weight excluding hydrogens is 320 g/mol. The topological polar surface area (TPSA) is 83.6 Å². The Morgan fingerprint density at radius 3 is 2.80 bits per heavy atom. The van der Waals surface area contributed by atoms with Crippen LogP contribution in [0.1, 0.15) is 37.3 Å². The lowest BCUT2D eigenvalue weighted by Gasteiger charge is -2.29. The Labute approximate surface area is 148 Å². The summed E-state index contributed by atoms with van der Waals surface area (Å²) in [6.07, 6.45) is 5.42. The molecule has 2 unspecified atom stereocenters. The maximum atomic E-state index is 12.3. The van der Waals surface area contributed by atoms with Gasteiger partial charge in [0.2, 0.25) is 11.8 Å². The Morgan fingerprint density at radius 2 is 2.20 bits per heavy atom. The van der Waals surface area contributed by atoms with E-state index in [1.807, 2.05) is 19.2 Å². The Hall–Kier alpha value is -2.31. The van der Waals surface area contributed by atoms with Gasteiger partial charge in [-0.25, -0.2) is 9.78 Å². The van der Waals surface area contributed by atoms with Crippen LogP contribution in [0.15, 0.2) is 18.3 Å². The molecule has 7 nitrogen and oxygen atoms in total. The van der Waals surface area contributed by atoms with Gasteiger partial charge in [-0.1, -0.05) is 6.07 Å². The van der Waals surface area contributed by atoms with Crippen LogP contribution in [0, 0.1) is 11.8 Å². The molecular formula is C18H26N4O3. The number of methoxy groups -OCH3 is 1. The highest BCUT2D eigenvalue weighted by Gasteiger charge is 2.34. The van der Waals surface area contributed by atoms with Crippen molar-refractivity contribution in [2.75, 3.05) is 27.2 Å². The van der Waals surface area contributed by atoms with E-state index in [-0.39, 0.29) is 23.9 Å². The lowest BCUT2D eigenvalue weighted by atomic mass is 9.96. The highest BCUT2D eigenvalue weighted by atomic mass is 16.5. The second-order valence-electron chi connectivity index (χ2n) is 6.98. The number of nitrogens with one attached hydrogen (secondary N) is 2. The molecule has 25 heavy (non-hydrogen) atoms. The van der Waals surface area contributed by atoms with E-state index >= 15 is 0 Å². The van der Waals surface area contributed by atoms with E-state index in [2.05, 4.69) is 15.6 Å². The van der Waals surface area contributed by atoms with Crippen molar-refractivity contribution >= 4 is 11.9 Å². The summed E-state index contributed by atoms with van der Waals surface area (Å²) in [6, 6.07) is 3.55. The maximum absolute atomic E-state index is 12.3. The van der Waals surface area contributed by atoms with E-state index in [0.29, 0.717) is 24.8 Å². The molecule has 2 atom stereocenters. The molecule has 1 saturated carbocycles. The Kier molecular flexibility index (Phi) is 5.40. The molecule has 2 fully saturated rings. The predicted octanol–water partition coefficient (Wildman–Crippen LogP) is 1.71. The van der Waals surface area contributed by atoms with Crippen molar-refractivity contribution < 1.29 is 14.3 Å². The number of rotatable bonds is 6. The monoisotopic (exact) mass is 346 g/mol. The number of nitrogens with zero attached hydrogens (tertiary/aromatic N) is 2. The zero-order valence-corrected chi connectivity index (χ0v) is 14.8. The van der Waals surface area contributed by atoms with E-state index in [0.717, 1.165) is 31.4 Å². The van der Waals surface area contributed by atoms with Crippen molar-refractivity contribution in [2.45, 2.75) is 31.7 Å². The van der Waals surface area contributed by atoms with Gasteiger partial charge < -0.3 is 20.3 Å². The number of ether oxygens (including phenoxy) is 1. The van der Waals surface area contributed by atoms with E-state index in [4.69, 9.17) is 4.74 Å². The first kappa shape index (κ1) is 17.5. The normalized spacial score (nSPS) is 21.6. The summed E-state index contributed by atoms with van der Waals surface area (Å²) < 4.78 is 5.09. The average molecular weight is 346 g/mol. The van der Waals surface area contributed by atoms with Gasteiger partial charge in [0.1, 0.15) is 0 Å². The maximum Gasteiger partial charge on any atom is 0.315 e. The van der Waals surface area contributed by atoms with Gasteiger partial charge in [-0.05, 0) is 36.7 Å². The minimum atomic E-state index is -0.181. The van der Waals surface area contributed by atoms with Crippen molar-refractivity contribution in [2.24, 2.45) is 11.8 Å². The van der Waals surface area contributed by atoms with Gasteiger partial charge in [-0.3, -0.25) is 4.79 Å². The summed E-state index contributed by atoms with van der Waals surface area (Å²) in [5, 5.41) is 5.99. The van der Waals surface area contributed by atoms with Crippen LogP contribution in [0.25, 0.3) is 0 Å². The molecule has 3 amide bonds. The van der Waals surface area contributed by atoms with Crippen molar-refractivity contribution in [1.82, 2.24) is 20.5 Å². The van der Waals surface area contributed by atoms with Gasteiger partial charge in [0.05, 0.1) is 13.2 Å². The molecule has 7 heteroatoms. The average Bonchev–Trinajstić information content (AvgIpc) is 3.46. The summed E-state index contributed by atoms with van der Waals surface area (Å²) in [5.74, 6) is 1.40. The molecule has 136 valence electrons. The van der Waals surface area contributed by atoms with Crippen molar-refractivity contribution in [3.05, 3.63) is 23.9 Å². The van der Waals surface area contributed by atoms with Gasteiger partial charge in [-0.2, -0.15) is 0 Å². The van der Waals surface area contributed by atoms with Crippen molar-refractivity contribution in [1.29, 1.82) is 0 Å². The van der Waals surface area contributed by atoms with Crippen LogP contribution in [0.2, 0.25) is 0 Å². The number of hydrogen-bond acceptors (Lipinski definition) is 4. The zero-order chi connectivity index (χ0) is 17.8. The summed E-state index contributed by atoms with van der Waals surface area (Å²) in [6.45, 7) is 1.29. The van der Waals surface area contributed by atoms with E-state index in [1.165, 1.54) is 0 Å². The molecule has 0 bridgehead atoms. The minimum absolute atomic E-state index is 0.0301. The van der Waals surface area contributed by atoms with E-state index < -0.39 is 0 Å². The lowest BCUT2D eigenvalue weighted by molar-refractivity contribution is -0.133. The molecule has 0 aromatic carbocycles. The first-order chi connectivity index (χ1) is 12.1. The first-order valence-electron chi connectivity index (χ1n) is 8.85. The fourth-order valence-electron chi connectivity index (χ4n) is 3.21. The number of likely N-dealkylation sites (tertiary alicyclic amines) is 1. The second-order valence-corrected chi connectivity index (χ2v) is 6.98. The number of carbonyl (C=O) groups is 2. The van der Waals surface area contributed by atoms with E-state index in [1.54, 1.807) is 18.2 Å². The number of carbonyl (C=O) groups excluding carboxylic acids is 2. The fraction of sp³-hybridized carbons (Fsp3) is 0.611. The smallest absolute Gasteiger partial charge is 0.315 e. The van der Waals surface area contributed by atoms with Gasteiger partial charge >= 0.3 is 6.03 Å². The molecule has 2 heterocycles. The van der Waals surface area contributed by atoms with Crippen LogP contribution in [0.3, 0.4) is 0 Å². The number of piperidine rings is 1. The number of pyridine rings is 1. The molecule has 2 aliphatic rings. The highest BCUT2D eigenvalue weighted by molar-refractivity contribution is 5.77. The molecule has 3 rings (SSSR count). The van der Waals surface area contributed by atoms with Crippen LogP contribution in [-0.4, -0.2) is 49.1 Å². The molecule has 1 aliphatic heterocycles. The Bertz CT molecular complexity index is 615. The van der Waals surface area contributed by atoms with Crippen LogP contribution in [0.4, 0.5) is 4.79 Å². The Morgan fingerprint density at radius 1 is 1.40 bits per heavy atom. The van der Waals surface area contributed by atoms with Gasteiger partial charge in [0.15, 0.2) is 0 Å². The second kappa shape index (κ2) is 7.72. The van der Waals surface area contributed by atoms with Crippen molar-refractivity contribution in [3.63, 3.8) is 0 Å². The third kappa shape index (κ3) is 4.61. The van der Waals surface area contributed by atoms with E-state index in [9.17, 15) is 9.59 Å². The highest BCUT2D eigenvalue weighted by Crippen LogP contribution is 2.41. The molecule has 1 aromatic rings. The molecule has 0 radical (unpaired) electrons. The number of hydrogen-bond donors (Lipinski definition) is 2. The SMILES string of the molecule is COc1ccc(C(NC(=O)NCC2CCN(C)C(=O)C2)C2CC2)cn1. The summed E-state index contributed by atoms with van der Waals surface area (Å²) in [4.78, 5) is 30.0. The van der Waals surface area contributed by atoms with Gasteiger partial charge in [0, 0.05) is 38.8 Å². The third-order valence-corrected chi connectivity index (χ3v) is 5.02. The fourth-order valence-corrected chi connectivity index (χ4v) is 3.21. The quantitative estimate of drug-likeness (QED) is 0.821. The van der Waals surface area contributed by atoms with Crippen LogP contribution < -0.4 is 15.4 Å². The minimum Gasteiger partial charge on any atom is -0.481 e. The molecule has 1 saturated heterocycles. The number of urea groups is 1. The van der Waals surface area contributed by atoms with Crippen LogP contribution in [0.5, 0.6) is 5.88 Å². The zero-order valence-electron chi connectivity index (χ0n) is 14.8. The largest absolute Gasteiger partial charge is 0.481 e. The summed E-state index contributed by atoms with van der Waals surface area (Å²) in [7, 11) is 3.40. The molecule has 1 aliphatic carbocycles. The standard InChI is InChI=1S/C18H26N4O3/c1-22-8-7-12(9-16(22)23)10-20-18(24)21-17(13-3-4-13)14-5-6-15(25-2)19-11-14/h5-6,11-13,17H,3-4,7-10H2,1-2H3,(H2,20,21,24). The number of aromatic nitrogens is 1. The third-order valence-electron chi connectivity index (χ3n) is 5.02. The summed E-state index contributed by atoms with van der Waals surface area (Å²) in [5.41, 5.74) is 0.993. The summed E-state index contributed by atoms with van der Waals surface area (Å²) >= 11 is 0. The van der Waals surface area contributed by atoms with Crippen molar-refractivity contribution in [3.8, 4) is 5.88 Å². The van der Waals surface area contributed by atoms with Gasteiger partial charge in [0.25, 0.3) is 0 Å².